The van der Waals surface area contributed by atoms with E-state index in [2.05, 4.69) is 27.8 Å². The molecule has 0 aromatic heterocycles. The van der Waals surface area contributed by atoms with Crippen molar-refractivity contribution < 1.29 is 13.2 Å². The van der Waals surface area contributed by atoms with Crippen molar-refractivity contribution in [2.24, 2.45) is 4.99 Å². The van der Waals surface area contributed by atoms with Gasteiger partial charge >= 0.3 is 0 Å². The molecule has 2 heterocycles. The molecule has 1 saturated heterocycles. The Morgan fingerprint density at radius 1 is 1.33 bits per heavy atom. The van der Waals surface area contributed by atoms with Crippen LogP contribution in [0.1, 0.15) is 24.5 Å². The monoisotopic (exact) mass is 508 g/mol. The van der Waals surface area contributed by atoms with E-state index in [0.29, 0.717) is 19.6 Å². The maximum Gasteiger partial charge on any atom is 0.214 e. The first-order chi connectivity index (χ1) is 12.6. The summed E-state index contributed by atoms with van der Waals surface area (Å²) in [6.45, 7) is 5.86. The van der Waals surface area contributed by atoms with Crippen molar-refractivity contribution >= 4 is 40.0 Å². The molecule has 1 aromatic rings. The summed E-state index contributed by atoms with van der Waals surface area (Å²) in [5.74, 6) is 2.00. The second-order valence-corrected chi connectivity index (χ2v) is 8.64. The van der Waals surface area contributed by atoms with Crippen molar-refractivity contribution in [3.63, 3.8) is 0 Å². The summed E-state index contributed by atoms with van der Waals surface area (Å²) < 4.78 is 30.7. The molecule has 1 aromatic carbocycles. The number of halogens is 1. The van der Waals surface area contributed by atoms with Gasteiger partial charge in [-0.25, -0.2) is 12.7 Å². The standard InChI is InChI=1S/C18H28N4O3S.HI/c1-2-19-18(21-9-11-22-10-3-13-26(22,23)24)20-8-6-15-4-5-17-16(14-15)7-12-25-17;/h4-5,14H,2-3,6-13H2,1H3,(H2,19,20,21);1H. The first kappa shape index (κ1) is 22.2. The molecule has 0 radical (unpaired) electrons. The van der Waals surface area contributed by atoms with Gasteiger partial charge in [0, 0.05) is 32.6 Å². The molecule has 1 fully saturated rings. The maximum absolute atomic E-state index is 11.8. The van der Waals surface area contributed by atoms with Crippen LogP contribution < -0.4 is 15.4 Å². The number of ether oxygens (including phenoxy) is 1. The molecule has 152 valence electrons. The Balaban J connectivity index is 0.00000261. The maximum atomic E-state index is 11.8. The molecule has 0 amide bonds. The fraction of sp³-hybridized carbons (Fsp3) is 0.611. The summed E-state index contributed by atoms with van der Waals surface area (Å²) in [5.41, 5.74) is 2.57. The minimum Gasteiger partial charge on any atom is -0.493 e. The molecule has 0 unspecified atom stereocenters. The summed E-state index contributed by atoms with van der Waals surface area (Å²) in [6, 6.07) is 6.37. The highest BCUT2D eigenvalue weighted by Crippen LogP contribution is 2.25. The van der Waals surface area contributed by atoms with E-state index in [1.54, 1.807) is 0 Å². The predicted molar refractivity (Wildman–Crippen MR) is 119 cm³/mol. The van der Waals surface area contributed by atoms with Gasteiger partial charge in [-0.3, -0.25) is 4.99 Å². The van der Waals surface area contributed by atoms with Crippen molar-refractivity contribution in [3.8, 4) is 5.75 Å². The molecule has 0 aliphatic carbocycles. The highest BCUT2D eigenvalue weighted by molar-refractivity contribution is 14.0. The van der Waals surface area contributed by atoms with Crippen LogP contribution in [0.4, 0.5) is 0 Å². The SMILES string of the molecule is CCNC(=NCCN1CCCS1(=O)=O)NCCc1ccc2c(c1)CCO2.I. The number of aliphatic imine (C=N–C) groups is 1. The Morgan fingerprint density at radius 2 is 2.19 bits per heavy atom. The van der Waals surface area contributed by atoms with Crippen molar-refractivity contribution in [2.75, 3.05) is 45.1 Å². The van der Waals surface area contributed by atoms with E-state index in [0.717, 1.165) is 50.7 Å². The smallest absolute Gasteiger partial charge is 0.214 e. The lowest BCUT2D eigenvalue weighted by molar-refractivity contribution is 0.357. The first-order valence-electron chi connectivity index (χ1n) is 9.33. The zero-order valence-electron chi connectivity index (χ0n) is 15.7. The summed E-state index contributed by atoms with van der Waals surface area (Å²) >= 11 is 0. The second kappa shape index (κ2) is 10.5. The van der Waals surface area contributed by atoms with Gasteiger partial charge in [0.05, 0.1) is 18.9 Å². The lowest BCUT2D eigenvalue weighted by atomic mass is 10.1. The van der Waals surface area contributed by atoms with E-state index in [1.165, 1.54) is 15.4 Å². The van der Waals surface area contributed by atoms with E-state index >= 15 is 0 Å². The lowest BCUT2D eigenvalue weighted by Crippen LogP contribution is -2.39. The summed E-state index contributed by atoms with van der Waals surface area (Å²) in [4.78, 5) is 4.50. The van der Waals surface area contributed by atoms with E-state index in [1.807, 2.05) is 13.0 Å². The minimum atomic E-state index is -3.04. The Kier molecular flexibility index (Phi) is 8.62. The Labute approximate surface area is 179 Å². The summed E-state index contributed by atoms with van der Waals surface area (Å²) in [5, 5.41) is 6.53. The number of rotatable bonds is 7. The lowest BCUT2D eigenvalue weighted by Gasteiger charge is -2.14. The van der Waals surface area contributed by atoms with E-state index in [-0.39, 0.29) is 29.7 Å². The van der Waals surface area contributed by atoms with Crippen molar-refractivity contribution in [3.05, 3.63) is 29.3 Å². The van der Waals surface area contributed by atoms with Crippen LogP contribution in [0.25, 0.3) is 0 Å². The van der Waals surface area contributed by atoms with Crippen LogP contribution in [0, 0.1) is 0 Å². The number of guanidine groups is 1. The first-order valence-corrected chi connectivity index (χ1v) is 10.9. The molecule has 9 heteroatoms. The van der Waals surface area contributed by atoms with Gasteiger partial charge in [0.1, 0.15) is 5.75 Å². The van der Waals surface area contributed by atoms with E-state index < -0.39 is 10.0 Å². The molecule has 2 N–H and O–H groups in total. The summed E-state index contributed by atoms with van der Waals surface area (Å²) in [6.07, 6.45) is 2.61. The number of hydrogen-bond acceptors (Lipinski definition) is 4. The molecule has 7 nitrogen and oxygen atoms in total. The molecule has 0 atom stereocenters. The third-order valence-corrected chi connectivity index (χ3v) is 6.58. The average Bonchev–Trinajstić information content (AvgIpc) is 3.20. The third kappa shape index (κ3) is 6.21. The largest absolute Gasteiger partial charge is 0.493 e. The van der Waals surface area contributed by atoms with E-state index in [9.17, 15) is 8.42 Å². The molecule has 3 rings (SSSR count). The number of fused-ring (bicyclic) bond motifs is 1. The van der Waals surface area contributed by atoms with Gasteiger partial charge in [0.15, 0.2) is 5.96 Å². The number of sulfonamides is 1. The highest BCUT2D eigenvalue weighted by atomic mass is 127. The van der Waals surface area contributed by atoms with Crippen molar-refractivity contribution in [2.45, 2.75) is 26.2 Å². The fourth-order valence-corrected chi connectivity index (χ4v) is 4.80. The minimum absolute atomic E-state index is 0. The second-order valence-electron chi connectivity index (χ2n) is 6.55. The van der Waals surface area contributed by atoms with Crippen LogP contribution in [0.2, 0.25) is 0 Å². The van der Waals surface area contributed by atoms with Crippen molar-refractivity contribution in [1.29, 1.82) is 0 Å². The van der Waals surface area contributed by atoms with E-state index in [4.69, 9.17) is 4.74 Å². The number of hydrogen-bond donors (Lipinski definition) is 2. The molecule has 0 saturated carbocycles. The molecule has 0 spiro atoms. The Hall–Kier alpha value is -1.07. The molecule has 27 heavy (non-hydrogen) atoms. The van der Waals surface area contributed by atoms with Crippen molar-refractivity contribution in [1.82, 2.24) is 14.9 Å². The van der Waals surface area contributed by atoms with Gasteiger partial charge in [-0.05, 0) is 37.0 Å². The average molecular weight is 508 g/mol. The quantitative estimate of drug-likeness (QED) is 0.331. The Bertz CT molecular complexity index is 755. The predicted octanol–water partition coefficient (Wildman–Crippen LogP) is 1.37. The number of nitrogens with zero attached hydrogens (tertiary/aromatic N) is 2. The van der Waals surface area contributed by atoms with Crippen LogP contribution in [-0.4, -0.2) is 63.8 Å². The highest BCUT2D eigenvalue weighted by Gasteiger charge is 2.27. The van der Waals surface area contributed by atoms with Gasteiger partial charge in [-0.1, -0.05) is 12.1 Å². The van der Waals surface area contributed by atoms with Crippen LogP contribution in [0.3, 0.4) is 0 Å². The normalized spacial score (nSPS) is 18.5. The molecule has 0 bridgehead atoms. The third-order valence-electron chi connectivity index (χ3n) is 4.63. The zero-order chi connectivity index (χ0) is 18.4. The number of nitrogens with one attached hydrogen (secondary N) is 2. The topological polar surface area (TPSA) is 83.0 Å². The van der Waals surface area contributed by atoms with Crippen LogP contribution >= 0.6 is 24.0 Å². The van der Waals surface area contributed by atoms with Gasteiger partial charge < -0.3 is 15.4 Å². The van der Waals surface area contributed by atoms with Gasteiger partial charge in [-0.15, -0.1) is 24.0 Å². The molecular formula is C18H29IN4O3S. The number of benzene rings is 1. The fourth-order valence-electron chi connectivity index (χ4n) is 3.28. The summed E-state index contributed by atoms with van der Waals surface area (Å²) in [7, 11) is -3.04. The van der Waals surface area contributed by atoms with Gasteiger partial charge in [0.25, 0.3) is 0 Å². The van der Waals surface area contributed by atoms with Gasteiger partial charge in [0.2, 0.25) is 10.0 Å². The van der Waals surface area contributed by atoms with Crippen LogP contribution in [-0.2, 0) is 22.9 Å². The molecule has 2 aliphatic rings. The van der Waals surface area contributed by atoms with Crippen LogP contribution in [0.5, 0.6) is 5.75 Å². The molecular weight excluding hydrogens is 479 g/mol. The molecule has 2 aliphatic heterocycles. The zero-order valence-corrected chi connectivity index (χ0v) is 18.9. The van der Waals surface area contributed by atoms with Crippen LogP contribution in [0.15, 0.2) is 23.2 Å². The van der Waals surface area contributed by atoms with Gasteiger partial charge in [-0.2, -0.15) is 0 Å². The Morgan fingerprint density at radius 3 is 2.93 bits per heavy atom.